The first-order valence-corrected chi connectivity index (χ1v) is 12.5. The van der Waals surface area contributed by atoms with Crippen LogP contribution in [0.1, 0.15) is 12.8 Å². The largest absolute Gasteiger partial charge is 0.379 e. The minimum absolute atomic E-state index is 0.0243. The Morgan fingerprint density at radius 1 is 1.31 bits per heavy atom. The molecule has 4 atom stereocenters. The van der Waals surface area contributed by atoms with E-state index in [9.17, 15) is 14.1 Å². The Bertz CT molecular complexity index is 898. The molecule has 3 aliphatic rings. The van der Waals surface area contributed by atoms with Crippen molar-refractivity contribution in [3.63, 3.8) is 0 Å². The standard InChI is InChI=1S/C23H36F2N8O3/c1-31-14-16(24)10-28-22(31)19(21(26)30-35)23(34)29-18-12-27-11-17(25)20(18)33-4-2-15(3-5-33)13-32-6-8-36-9-7-32/h11-12,15-16,19,21-22,28H,2-10,13-14,26H2,1H3,(H,29,34). The van der Waals surface area contributed by atoms with Gasteiger partial charge in [-0.05, 0) is 25.8 Å². The van der Waals surface area contributed by atoms with Crippen LogP contribution < -0.4 is 21.3 Å². The average Bonchev–Trinajstić information content (AvgIpc) is 2.87. The first-order chi connectivity index (χ1) is 17.4. The fourth-order valence-electron chi connectivity index (χ4n) is 5.39. The molecule has 0 saturated carbocycles. The van der Waals surface area contributed by atoms with E-state index >= 15 is 4.39 Å². The first kappa shape index (κ1) is 26.7. The number of hydrogen-bond donors (Lipinski definition) is 3. The third-order valence-corrected chi connectivity index (χ3v) is 7.32. The van der Waals surface area contributed by atoms with Crippen molar-refractivity contribution in [2.24, 2.45) is 22.7 Å². The van der Waals surface area contributed by atoms with Gasteiger partial charge in [0.05, 0.1) is 37.5 Å². The number of carbonyl (C=O) groups is 1. The zero-order valence-electron chi connectivity index (χ0n) is 20.6. The number of amides is 1. The number of aromatic nitrogens is 1. The Morgan fingerprint density at radius 3 is 2.69 bits per heavy atom. The molecule has 1 aromatic heterocycles. The van der Waals surface area contributed by atoms with Crippen molar-refractivity contribution >= 4 is 17.3 Å². The molecule has 4 N–H and O–H groups in total. The van der Waals surface area contributed by atoms with E-state index in [2.05, 4.69) is 25.7 Å². The Labute approximate surface area is 209 Å². The van der Waals surface area contributed by atoms with Gasteiger partial charge in [0.25, 0.3) is 0 Å². The monoisotopic (exact) mass is 510 g/mol. The van der Waals surface area contributed by atoms with Crippen LogP contribution in [0, 0.1) is 22.6 Å². The number of nitrogens with two attached hydrogens (primary N) is 1. The van der Waals surface area contributed by atoms with E-state index in [0.29, 0.717) is 19.0 Å². The predicted octanol–water partition coefficient (Wildman–Crippen LogP) is 0.574. The summed E-state index contributed by atoms with van der Waals surface area (Å²) in [6.45, 7) is 5.78. The van der Waals surface area contributed by atoms with Gasteiger partial charge in [-0.1, -0.05) is 5.18 Å². The third-order valence-electron chi connectivity index (χ3n) is 7.32. The van der Waals surface area contributed by atoms with Gasteiger partial charge in [-0.25, -0.2) is 8.78 Å². The molecule has 0 bridgehead atoms. The maximum atomic E-state index is 15.0. The summed E-state index contributed by atoms with van der Waals surface area (Å²) < 4.78 is 34.2. The van der Waals surface area contributed by atoms with Crippen LogP contribution in [0.15, 0.2) is 17.6 Å². The summed E-state index contributed by atoms with van der Waals surface area (Å²) >= 11 is 0. The fraction of sp³-hybridized carbons (Fsp3) is 0.739. The number of morpholine rings is 1. The van der Waals surface area contributed by atoms with Crippen molar-refractivity contribution < 1.29 is 18.3 Å². The molecule has 200 valence electrons. The van der Waals surface area contributed by atoms with Crippen LogP contribution in [0.25, 0.3) is 0 Å². The van der Waals surface area contributed by atoms with E-state index in [-0.39, 0.29) is 24.5 Å². The lowest BCUT2D eigenvalue weighted by Crippen LogP contribution is -2.62. The van der Waals surface area contributed by atoms with Gasteiger partial charge in [-0.3, -0.25) is 24.9 Å². The summed E-state index contributed by atoms with van der Waals surface area (Å²) in [6.07, 6.45) is 1.13. The molecule has 0 aliphatic carbocycles. The second-order valence-corrected chi connectivity index (χ2v) is 9.86. The molecule has 1 amide bonds. The van der Waals surface area contributed by atoms with E-state index in [4.69, 9.17) is 10.5 Å². The number of nitrogens with one attached hydrogen (secondary N) is 2. The van der Waals surface area contributed by atoms with Crippen molar-refractivity contribution in [1.82, 2.24) is 20.1 Å². The molecule has 0 spiro atoms. The lowest BCUT2D eigenvalue weighted by molar-refractivity contribution is -0.124. The highest BCUT2D eigenvalue weighted by Crippen LogP contribution is 2.33. The first-order valence-electron chi connectivity index (χ1n) is 12.5. The number of alkyl halides is 1. The number of nitroso groups, excluding NO2 is 1. The second kappa shape index (κ2) is 12.3. The molecule has 0 aromatic carbocycles. The lowest BCUT2D eigenvalue weighted by Gasteiger charge is -2.40. The summed E-state index contributed by atoms with van der Waals surface area (Å²) in [4.78, 5) is 34.5. The summed E-state index contributed by atoms with van der Waals surface area (Å²) in [5.41, 5.74) is 6.36. The van der Waals surface area contributed by atoms with Crippen molar-refractivity contribution in [1.29, 1.82) is 0 Å². The summed E-state index contributed by atoms with van der Waals surface area (Å²) in [5, 5.41) is 8.51. The fourth-order valence-corrected chi connectivity index (χ4v) is 5.39. The molecule has 3 fully saturated rings. The Morgan fingerprint density at radius 2 is 2.03 bits per heavy atom. The second-order valence-electron chi connectivity index (χ2n) is 9.86. The molecule has 4 heterocycles. The summed E-state index contributed by atoms with van der Waals surface area (Å²) in [7, 11) is 1.64. The minimum Gasteiger partial charge on any atom is -0.379 e. The number of rotatable bonds is 8. The number of halogens is 2. The molecule has 4 unspecified atom stereocenters. The van der Waals surface area contributed by atoms with Gasteiger partial charge in [-0.2, -0.15) is 0 Å². The van der Waals surface area contributed by atoms with Crippen LogP contribution in [0.5, 0.6) is 0 Å². The number of anilines is 2. The topological polar surface area (TPSA) is 128 Å². The molecule has 1 aromatic rings. The maximum Gasteiger partial charge on any atom is 0.234 e. The van der Waals surface area contributed by atoms with Gasteiger partial charge in [0.1, 0.15) is 17.8 Å². The number of nitrogens with zero attached hydrogens (tertiary/aromatic N) is 5. The van der Waals surface area contributed by atoms with E-state index in [1.165, 1.54) is 6.20 Å². The Kier molecular flexibility index (Phi) is 9.12. The van der Waals surface area contributed by atoms with E-state index in [1.807, 2.05) is 4.90 Å². The minimum atomic E-state index is -1.37. The molecular formula is C23H36F2N8O3. The number of ether oxygens (including phenoxy) is 1. The van der Waals surface area contributed by atoms with Gasteiger partial charge >= 0.3 is 0 Å². The summed E-state index contributed by atoms with van der Waals surface area (Å²) in [5.74, 6) is -1.76. The van der Waals surface area contributed by atoms with E-state index < -0.39 is 36.1 Å². The van der Waals surface area contributed by atoms with Crippen LogP contribution in [0.2, 0.25) is 0 Å². The molecule has 13 heteroatoms. The molecule has 3 aliphatic heterocycles. The summed E-state index contributed by atoms with van der Waals surface area (Å²) in [6, 6.07) is 0. The quantitative estimate of drug-likeness (QED) is 0.430. The number of carbonyl (C=O) groups excluding carboxylic acids is 1. The SMILES string of the molecule is CN1CC(F)CNC1C(C(=O)Nc1cncc(F)c1N1CCC(CN2CCOCC2)CC1)C(N)N=O. The highest BCUT2D eigenvalue weighted by atomic mass is 19.1. The number of piperidine rings is 1. The van der Waals surface area contributed by atoms with E-state index in [0.717, 1.165) is 51.9 Å². The highest BCUT2D eigenvalue weighted by molar-refractivity contribution is 5.96. The van der Waals surface area contributed by atoms with Crippen LogP contribution >= 0.6 is 0 Å². The Hall–Kier alpha value is -2.32. The zero-order valence-corrected chi connectivity index (χ0v) is 20.6. The maximum absolute atomic E-state index is 15.0. The van der Waals surface area contributed by atoms with Crippen molar-refractivity contribution in [2.45, 2.75) is 31.3 Å². The molecule has 36 heavy (non-hydrogen) atoms. The van der Waals surface area contributed by atoms with Crippen molar-refractivity contribution in [3.8, 4) is 0 Å². The van der Waals surface area contributed by atoms with Crippen LogP contribution in [-0.4, -0.2) is 105 Å². The van der Waals surface area contributed by atoms with Gasteiger partial charge < -0.3 is 20.7 Å². The number of hydrogen-bond acceptors (Lipinski definition) is 10. The normalized spacial score (nSPS) is 26.4. The molecule has 11 nitrogen and oxygen atoms in total. The van der Waals surface area contributed by atoms with Gasteiger partial charge in [0.15, 0.2) is 12.0 Å². The molecule has 4 rings (SSSR count). The van der Waals surface area contributed by atoms with Crippen molar-refractivity contribution in [2.75, 3.05) is 76.3 Å². The molecule has 3 saturated heterocycles. The zero-order chi connectivity index (χ0) is 25.7. The van der Waals surface area contributed by atoms with Crippen molar-refractivity contribution in [3.05, 3.63) is 23.1 Å². The highest BCUT2D eigenvalue weighted by Gasteiger charge is 2.40. The smallest absolute Gasteiger partial charge is 0.234 e. The van der Waals surface area contributed by atoms with Crippen LogP contribution in [0.3, 0.4) is 0 Å². The van der Waals surface area contributed by atoms with Crippen LogP contribution in [0.4, 0.5) is 20.2 Å². The van der Waals surface area contributed by atoms with Gasteiger partial charge in [-0.15, -0.1) is 4.91 Å². The Balaban J connectivity index is 1.45. The third kappa shape index (κ3) is 6.32. The lowest BCUT2D eigenvalue weighted by atomic mass is 9.95. The van der Waals surface area contributed by atoms with Crippen LogP contribution in [-0.2, 0) is 9.53 Å². The van der Waals surface area contributed by atoms with E-state index in [1.54, 1.807) is 11.9 Å². The molecule has 0 radical (unpaired) electrons. The molecular weight excluding hydrogens is 474 g/mol. The van der Waals surface area contributed by atoms with Gasteiger partial charge in [0, 0.05) is 45.8 Å². The predicted molar refractivity (Wildman–Crippen MR) is 132 cm³/mol. The van der Waals surface area contributed by atoms with Gasteiger partial charge in [0.2, 0.25) is 5.91 Å². The average molecular weight is 511 g/mol. The number of pyridine rings is 1.